The normalized spacial score (nSPS) is 9.75. The third kappa shape index (κ3) is 1.24. The fourth-order valence-corrected chi connectivity index (χ4v) is 0.785. The minimum Gasteiger partial charge on any atom is -0.365 e. The summed E-state index contributed by atoms with van der Waals surface area (Å²) in [6.07, 6.45) is 1.21. The highest BCUT2D eigenvalue weighted by molar-refractivity contribution is 5.95. The molecule has 1 rings (SSSR count). The van der Waals surface area contributed by atoms with E-state index in [0.29, 0.717) is 0 Å². The van der Waals surface area contributed by atoms with E-state index in [1.807, 2.05) is 0 Å². The van der Waals surface area contributed by atoms with Crippen LogP contribution in [0.5, 0.6) is 0 Å². The van der Waals surface area contributed by atoms with Crippen LogP contribution >= 0.6 is 0 Å². The van der Waals surface area contributed by atoms with Crippen LogP contribution in [-0.4, -0.2) is 20.6 Å². The summed E-state index contributed by atoms with van der Waals surface area (Å²) in [6.45, 7) is 0. The maximum atomic E-state index is 10.6. The van der Waals surface area contributed by atoms with Gasteiger partial charge in [0.25, 0.3) is 5.91 Å². The second-order valence-corrected chi connectivity index (χ2v) is 2.16. The summed E-state index contributed by atoms with van der Waals surface area (Å²) in [4.78, 5) is 20.1. The van der Waals surface area contributed by atoms with Gasteiger partial charge in [0.1, 0.15) is 0 Å². The number of aryl methyl sites for hydroxylation is 1. The van der Waals surface area contributed by atoms with Gasteiger partial charge < -0.3 is 15.8 Å². The SMILES string of the molecule is Cn1cc(C(N)=O)c([N+](=O)[O-])n1. The van der Waals surface area contributed by atoms with Crippen LogP contribution in [0.1, 0.15) is 10.4 Å². The molecular formula is C5H6N4O3. The molecular weight excluding hydrogens is 164 g/mol. The Kier molecular flexibility index (Phi) is 1.78. The van der Waals surface area contributed by atoms with Gasteiger partial charge in [-0.3, -0.25) is 4.79 Å². The van der Waals surface area contributed by atoms with Crippen LogP contribution in [-0.2, 0) is 7.05 Å². The molecule has 0 aliphatic carbocycles. The van der Waals surface area contributed by atoms with Crippen molar-refractivity contribution < 1.29 is 9.72 Å². The van der Waals surface area contributed by atoms with Crippen molar-refractivity contribution in [3.63, 3.8) is 0 Å². The second kappa shape index (κ2) is 2.61. The average Bonchev–Trinajstić information content (AvgIpc) is 2.31. The summed E-state index contributed by atoms with van der Waals surface area (Å²) in [5, 5.41) is 13.7. The van der Waals surface area contributed by atoms with E-state index >= 15 is 0 Å². The Morgan fingerprint density at radius 3 is 2.75 bits per heavy atom. The van der Waals surface area contributed by atoms with E-state index < -0.39 is 16.6 Å². The fraction of sp³-hybridized carbons (Fsp3) is 0.200. The van der Waals surface area contributed by atoms with E-state index in [1.54, 1.807) is 0 Å². The number of nitrogens with zero attached hydrogens (tertiary/aromatic N) is 3. The highest BCUT2D eigenvalue weighted by atomic mass is 16.6. The van der Waals surface area contributed by atoms with Crippen LogP contribution < -0.4 is 5.73 Å². The molecule has 0 aliphatic heterocycles. The van der Waals surface area contributed by atoms with Gasteiger partial charge in [-0.1, -0.05) is 0 Å². The topological polar surface area (TPSA) is 104 Å². The van der Waals surface area contributed by atoms with E-state index in [1.165, 1.54) is 13.2 Å². The third-order valence-electron chi connectivity index (χ3n) is 1.25. The number of hydrogen-bond donors (Lipinski definition) is 1. The van der Waals surface area contributed by atoms with Crippen LogP contribution in [0.25, 0.3) is 0 Å². The molecule has 0 bridgehead atoms. The monoisotopic (exact) mass is 170 g/mol. The van der Waals surface area contributed by atoms with Crippen LogP contribution in [0.4, 0.5) is 5.82 Å². The summed E-state index contributed by atoms with van der Waals surface area (Å²) in [6, 6.07) is 0. The Hall–Kier alpha value is -1.92. The van der Waals surface area contributed by atoms with Crippen LogP contribution in [0, 0.1) is 10.1 Å². The minimum absolute atomic E-state index is 0.178. The van der Waals surface area contributed by atoms with Crippen molar-refractivity contribution in [1.29, 1.82) is 0 Å². The quantitative estimate of drug-likeness (QED) is 0.473. The molecule has 7 nitrogen and oxygen atoms in total. The van der Waals surface area contributed by atoms with Gasteiger partial charge in [-0.15, -0.1) is 0 Å². The standard InChI is InChI=1S/C5H6N4O3/c1-8-2-3(4(6)10)5(7-8)9(11)12/h2H,1H3,(H2,6,10). The molecule has 1 amide bonds. The Labute approximate surface area is 66.9 Å². The zero-order valence-electron chi connectivity index (χ0n) is 6.22. The molecule has 1 heterocycles. The molecule has 0 radical (unpaired) electrons. The van der Waals surface area contributed by atoms with Crippen LogP contribution in [0.3, 0.4) is 0 Å². The zero-order chi connectivity index (χ0) is 9.30. The lowest BCUT2D eigenvalue weighted by atomic mass is 10.3. The lowest BCUT2D eigenvalue weighted by Crippen LogP contribution is -2.11. The molecule has 64 valence electrons. The first-order valence-corrected chi connectivity index (χ1v) is 3.00. The lowest BCUT2D eigenvalue weighted by Gasteiger charge is -1.88. The molecule has 12 heavy (non-hydrogen) atoms. The highest BCUT2D eigenvalue weighted by Gasteiger charge is 2.22. The number of carbonyl (C=O) groups excluding carboxylic acids is 1. The number of nitro groups is 1. The van der Waals surface area contributed by atoms with Crippen molar-refractivity contribution in [2.75, 3.05) is 0 Å². The molecule has 1 aromatic heterocycles. The zero-order valence-corrected chi connectivity index (χ0v) is 6.22. The molecule has 2 N–H and O–H groups in total. The molecule has 1 aromatic rings. The number of aromatic nitrogens is 2. The third-order valence-corrected chi connectivity index (χ3v) is 1.25. The molecule has 0 aliphatic rings. The van der Waals surface area contributed by atoms with Gasteiger partial charge in [0.15, 0.2) is 5.56 Å². The van der Waals surface area contributed by atoms with E-state index in [4.69, 9.17) is 5.73 Å². The molecule has 7 heteroatoms. The van der Waals surface area contributed by atoms with E-state index in [0.717, 1.165) is 4.68 Å². The Morgan fingerprint density at radius 1 is 1.83 bits per heavy atom. The first-order chi connectivity index (χ1) is 5.52. The van der Waals surface area contributed by atoms with Crippen molar-refractivity contribution in [3.05, 3.63) is 21.9 Å². The maximum absolute atomic E-state index is 10.6. The number of primary amides is 1. The van der Waals surface area contributed by atoms with E-state index in [-0.39, 0.29) is 5.56 Å². The van der Waals surface area contributed by atoms with Gasteiger partial charge in [0, 0.05) is 0 Å². The summed E-state index contributed by atoms with van der Waals surface area (Å²) >= 11 is 0. The van der Waals surface area contributed by atoms with Gasteiger partial charge in [0.05, 0.1) is 18.3 Å². The Morgan fingerprint density at radius 2 is 2.42 bits per heavy atom. The van der Waals surface area contributed by atoms with Gasteiger partial charge in [-0.2, -0.15) is 4.68 Å². The van der Waals surface area contributed by atoms with Gasteiger partial charge in [-0.05, 0) is 4.92 Å². The predicted molar refractivity (Wildman–Crippen MR) is 38.4 cm³/mol. The maximum Gasteiger partial charge on any atom is 0.402 e. The van der Waals surface area contributed by atoms with E-state index in [9.17, 15) is 14.9 Å². The minimum atomic E-state index is -0.852. The molecule has 0 saturated heterocycles. The van der Waals surface area contributed by atoms with Gasteiger partial charge in [0.2, 0.25) is 0 Å². The summed E-state index contributed by atoms with van der Waals surface area (Å²) in [5.74, 6) is -1.36. The summed E-state index contributed by atoms with van der Waals surface area (Å²) in [5.41, 5.74) is 4.69. The fourth-order valence-electron chi connectivity index (χ4n) is 0.785. The number of hydrogen-bond acceptors (Lipinski definition) is 4. The molecule has 0 unspecified atom stereocenters. The number of nitrogens with two attached hydrogens (primary N) is 1. The Balaban J connectivity index is 3.26. The first-order valence-electron chi connectivity index (χ1n) is 3.00. The lowest BCUT2D eigenvalue weighted by molar-refractivity contribution is -0.390. The Bertz CT molecular complexity index is 311. The first kappa shape index (κ1) is 8.18. The summed E-state index contributed by atoms with van der Waals surface area (Å²) in [7, 11) is 1.47. The van der Waals surface area contributed by atoms with Crippen molar-refractivity contribution in [1.82, 2.24) is 9.78 Å². The van der Waals surface area contributed by atoms with Crippen molar-refractivity contribution in [2.45, 2.75) is 0 Å². The van der Waals surface area contributed by atoms with Crippen LogP contribution in [0.2, 0.25) is 0 Å². The van der Waals surface area contributed by atoms with Crippen molar-refractivity contribution in [3.8, 4) is 0 Å². The van der Waals surface area contributed by atoms with Gasteiger partial charge in [-0.25, -0.2) is 0 Å². The highest BCUT2D eigenvalue weighted by Crippen LogP contribution is 2.13. The number of carbonyl (C=O) groups is 1. The smallest absolute Gasteiger partial charge is 0.365 e. The van der Waals surface area contributed by atoms with Crippen molar-refractivity contribution in [2.24, 2.45) is 12.8 Å². The molecule has 0 fully saturated rings. The number of rotatable bonds is 2. The van der Waals surface area contributed by atoms with Gasteiger partial charge >= 0.3 is 5.82 Å². The molecule has 0 saturated carbocycles. The van der Waals surface area contributed by atoms with E-state index in [2.05, 4.69) is 5.10 Å². The van der Waals surface area contributed by atoms with Crippen molar-refractivity contribution >= 4 is 11.7 Å². The summed E-state index contributed by atoms with van der Waals surface area (Å²) < 4.78 is 1.16. The number of amides is 1. The molecule has 0 aromatic carbocycles. The predicted octanol–water partition coefficient (Wildman–Crippen LogP) is -0.573. The second-order valence-electron chi connectivity index (χ2n) is 2.16. The largest absolute Gasteiger partial charge is 0.402 e. The average molecular weight is 170 g/mol. The molecule has 0 spiro atoms. The van der Waals surface area contributed by atoms with Crippen LogP contribution in [0.15, 0.2) is 6.20 Å². The molecule has 0 atom stereocenters.